The molecule has 5 nitrogen and oxygen atoms in total. The number of hydrogen-bond acceptors (Lipinski definition) is 4. The molecule has 122 valence electrons. The molecule has 0 radical (unpaired) electrons. The molecule has 2 aromatic rings. The summed E-state index contributed by atoms with van der Waals surface area (Å²) in [7, 11) is 0. The predicted molar refractivity (Wildman–Crippen MR) is 94.5 cm³/mol. The second-order valence-corrected chi connectivity index (χ2v) is 5.79. The van der Waals surface area contributed by atoms with Crippen molar-refractivity contribution in [2.75, 3.05) is 17.2 Å². The fourth-order valence-corrected chi connectivity index (χ4v) is 2.41. The third kappa shape index (κ3) is 5.08. The number of para-hydroxylation sites is 1. The first kappa shape index (κ1) is 17.5. The zero-order valence-corrected chi connectivity index (χ0v) is 14.3. The summed E-state index contributed by atoms with van der Waals surface area (Å²) in [6.45, 7) is 2.96. The van der Waals surface area contributed by atoms with E-state index in [1.54, 1.807) is 18.2 Å². The summed E-state index contributed by atoms with van der Waals surface area (Å²) in [6.07, 6.45) is 6.32. The lowest BCUT2D eigenvalue weighted by Crippen LogP contribution is -2.14. The average Bonchev–Trinajstić information content (AvgIpc) is 2.55. The number of unbranched alkanes of at least 4 members (excludes halogenated alkanes) is 2. The first-order valence-corrected chi connectivity index (χ1v) is 8.18. The molecule has 1 amide bonds. The molecule has 1 aromatic heterocycles. The maximum Gasteiger partial charge on any atom is 0.258 e. The number of carbonyl (C=O) groups excluding carboxylic acids is 1. The number of rotatable bonds is 7. The van der Waals surface area contributed by atoms with Crippen molar-refractivity contribution in [3.8, 4) is 0 Å². The molecule has 7 heteroatoms. The Morgan fingerprint density at radius 3 is 2.39 bits per heavy atom. The molecule has 0 aliphatic carbocycles. The van der Waals surface area contributed by atoms with Crippen LogP contribution in [0, 0.1) is 0 Å². The molecule has 0 unspecified atom stereocenters. The number of nitrogens with one attached hydrogen (secondary N) is 2. The Hall–Kier alpha value is -1.85. The van der Waals surface area contributed by atoms with Crippen LogP contribution in [0.3, 0.4) is 0 Å². The van der Waals surface area contributed by atoms with Gasteiger partial charge in [-0.15, -0.1) is 0 Å². The third-order valence-corrected chi connectivity index (χ3v) is 3.81. The summed E-state index contributed by atoms with van der Waals surface area (Å²) in [4.78, 5) is 20.5. The molecular weight excluding hydrogens is 335 g/mol. The van der Waals surface area contributed by atoms with Crippen molar-refractivity contribution in [2.45, 2.75) is 26.2 Å². The zero-order valence-electron chi connectivity index (χ0n) is 12.8. The Morgan fingerprint density at radius 2 is 1.78 bits per heavy atom. The van der Waals surface area contributed by atoms with Gasteiger partial charge in [0.15, 0.2) is 0 Å². The number of anilines is 2. The molecule has 2 rings (SSSR count). The minimum Gasteiger partial charge on any atom is -0.354 e. The number of amides is 1. The van der Waals surface area contributed by atoms with E-state index in [0.29, 0.717) is 27.2 Å². The highest BCUT2D eigenvalue weighted by Gasteiger charge is 2.12. The van der Waals surface area contributed by atoms with E-state index in [1.807, 2.05) is 0 Å². The van der Waals surface area contributed by atoms with E-state index in [4.69, 9.17) is 23.2 Å². The Kier molecular flexibility index (Phi) is 6.62. The Morgan fingerprint density at radius 1 is 1.13 bits per heavy atom. The SMILES string of the molecule is CCCCCNc1ncc(C(=O)Nc2c(Cl)cccc2Cl)cn1. The Labute approximate surface area is 145 Å². The van der Waals surface area contributed by atoms with Gasteiger partial charge in [-0.25, -0.2) is 9.97 Å². The number of carbonyl (C=O) groups is 1. The van der Waals surface area contributed by atoms with Gasteiger partial charge in [0.25, 0.3) is 5.91 Å². The summed E-state index contributed by atoms with van der Waals surface area (Å²) in [5.41, 5.74) is 0.711. The van der Waals surface area contributed by atoms with E-state index in [-0.39, 0.29) is 5.91 Å². The summed E-state index contributed by atoms with van der Waals surface area (Å²) in [6, 6.07) is 5.02. The van der Waals surface area contributed by atoms with Crippen LogP contribution in [-0.4, -0.2) is 22.4 Å². The van der Waals surface area contributed by atoms with Gasteiger partial charge in [-0.2, -0.15) is 0 Å². The van der Waals surface area contributed by atoms with Crippen LogP contribution in [0.5, 0.6) is 0 Å². The van der Waals surface area contributed by atoms with Crippen molar-refractivity contribution in [2.24, 2.45) is 0 Å². The van der Waals surface area contributed by atoms with Crippen molar-refractivity contribution < 1.29 is 4.79 Å². The van der Waals surface area contributed by atoms with Crippen LogP contribution >= 0.6 is 23.2 Å². The van der Waals surface area contributed by atoms with E-state index in [1.165, 1.54) is 12.4 Å². The van der Waals surface area contributed by atoms with Gasteiger partial charge in [0.05, 0.1) is 21.3 Å². The fourth-order valence-electron chi connectivity index (χ4n) is 1.91. The quantitative estimate of drug-likeness (QED) is 0.712. The highest BCUT2D eigenvalue weighted by Crippen LogP contribution is 2.30. The number of aromatic nitrogens is 2. The molecule has 0 bridgehead atoms. The molecule has 1 heterocycles. The lowest BCUT2D eigenvalue weighted by atomic mass is 10.2. The predicted octanol–water partition coefficient (Wildman–Crippen LogP) is 4.64. The molecule has 0 fully saturated rings. The lowest BCUT2D eigenvalue weighted by molar-refractivity contribution is 0.102. The second kappa shape index (κ2) is 8.70. The molecule has 1 aromatic carbocycles. The second-order valence-electron chi connectivity index (χ2n) is 4.98. The van der Waals surface area contributed by atoms with Gasteiger partial charge in [-0.05, 0) is 18.6 Å². The molecule has 0 aliphatic heterocycles. The van der Waals surface area contributed by atoms with Crippen LogP contribution < -0.4 is 10.6 Å². The highest BCUT2D eigenvalue weighted by molar-refractivity contribution is 6.40. The van der Waals surface area contributed by atoms with Crippen LogP contribution in [-0.2, 0) is 0 Å². The van der Waals surface area contributed by atoms with Gasteiger partial charge >= 0.3 is 0 Å². The van der Waals surface area contributed by atoms with Crippen LogP contribution in [0.4, 0.5) is 11.6 Å². The molecule has 23 heavy (non-hydrogen) atoms. The van der Waals surface area contributed by atoms with Crippen molar-refractivity contribution in [3.05, 3.63) is 46.2 Å². The number of halogens is 2. The van der Waals surface area contributed by atoms with Crippen LogP contribution in [0.2, 0.25) is 10.0 Å². The number of nitrogens with zero attached hydrogens (tertiary/aromatic N) is 2. The van der Waals surface area contributed by atoms with Crippen molar-refractivity contribution in [3.63, 3.8) is 0 Å². The van der Waals surface area contributed by atoms with Crippen molar-refractivity contribution in [1.29, 1.82) is 0 Å². The minimum atomic E-state index is -0.363. The standard InChI is InChI=1S/C16H18Cl2N4O/c1-2-3-4-8-19-16-20-9-11(10-21-16)15(23)22-14-12(17)6-5-7-13(14)18/h5-7,9-10H,2-4,8H2,1H3,(H,22,23)(H,19,20,21). The van der Waals surface area contributed by atoms with Crippen LogP contribution in [0.25, 0.3) is 0 Å². The van der Waals surface area contributed by atoms with Crippen molar-refractivity contribution in [1.82, 2.24) is 9.97 Å². The van der Waals surface area contributed by atoms with Crippen LogP contribution in [0.1, 0.15) is 36.5 Å². The number of hydrogen-bond donors (Lipinski definition) is 2. The van der Waals surface area contributed by atoms with Gasteiger partial charge in [0.2, 0.25) is 5.95 Å². The van der Waals surface area contributed by atoms with E-state index in [0.717, 1.165) is 25.8 Å². The Balaban J connectivity index is 1.97. The molecule has 0 spiro atoms. The first-order chi connectivity index (χ1) is 11.1. The summed E-state index contributed by atoms with van der Waals surface area (Å²) in [5.74, 6) is 0.144. The summed E-state index contributed by atoms with van der Waals surface area (Å²) in [5, 5.41) is 6.54. The Bertz CT molecular complexity index is 641. The first-order valence-electron chi connectivity index (χ1n) is 7.43. The van der Waals surface area contributed by atoms with Gasteiger partial charge in [0.1, 0.15) is 0 Å². The van der Waals surface area contributed by atoms with Crippen molar-refractivity contribution >= 4 is 40.7 Å². The van der Waals surface area contributed by atoms with Gasteiger partial charge in [0, 0.05) is 18.9 Å². The lowest BCUT2D eigenvalue weighted by Gasteiger charge is -2.09. The zero-order chi connectivity index (χ0) is 16.7. The van der Waals surface area contributed by atoms with E-state index in [9.17, 15) is 4.79 Å². The number of benzene rings is 1. The third-order valence-electron chi connectivity index (χ3n) is 3.18. The molecule has 0 saturated carbocycles. The van der Waals surface area contributed by atoms with E-state index in [2.05, 4.69) is 27.5 Å². The topological polar surface area (TPSA) is 66.9 Å². The average molecular weight is 353 g/mol. The monoisotopic (exact) mass is 352 g/mol. The van der Waals surface area contributed by atoms with E-state index < -0.39 is 0 Å². The molecule has 0 aliphatic rings. The molecule has 2 N–H and O–H groups in total. The normalized spacial score (nSPS) is 10.4. The highest BCUT2D eigenvalue weighted by atomic mass is 35.5. The van der Waals surface area contributed by atoms with Gasteiger partial charge in [-0.3, -0.25) is 4.79 Å². The molecule has 0 saturated heterocycles. The smallest absolute Gasteiger partial charge is 0.258 e. The summed E-state index contributed by atoms with van der Waals surface area (Å²) >= 11 is 12.1. The maximum absolute atomic E-state index is 12.2. The van der Waals surface area contributed by atoms with Crippen LogP contribution in [0.15, 0.2) is 30.6 Å². The maximum atomic E-state index is 12.2. The van der Waals surface area contributed by atoms with Gasteiger partial charge < -0.3 is 10.6 Å². The fraction of sp³-hybridized carbons (Fsp3) is 0.312. The summed E-state index contributed by atoms with van der Waals surface area (Å²) < 4.78 is 0. The van der Waals surface area contributed by atoms with E-state index >= 15 is 0 Å². The molecular formula is C16H18Cl2N4O. The van der Waals surface area contributed by atoms with Gasteiger partial charge in [-0.1, -0.05) is 49.0 Å². The molecule has 0 atom stereocenters. The minimum absolute atomic E-state index is 0.333. The largest absolute Gasteiger partial charge is 0.354 e.